The van der Waals surface area contributed by atoms with E-state index >= 15 is 0 Å². The maximum absolute atomic E-state index is 2.48. The Bertz CT molecular complexity index is 2280. The monoisotopic (exact) mass is 570 g/mol. The molecule has 0 N–H and O–H groups in total. The van der Waals surface area contributed by atoms with E-state index in [4.69, 9.17) is 0 Å². The summed E-state index contributed by atoms with van der Waals surface area (Å²) in [5.74, 6) is 0. The number of fused-ring (bicyclic) bond motifs is 14. The highest BCUT2D eigenvalue weighted by Gasteiger charge is 2.55. The first-order chi connectivity index (χ1) is 22.3. The van der Waals surface area contributed by atoms with Gasteiger partial charge in [0.1, 0.15) is 0 Å². The fraction of sp³-hybridized carbons (Fsp3) is 0.0667. The second kappa shape index (κ2) is 8.80. The van der Waals surface area contributed by atoms with Crippen LogP contribution < -0.4 is 0 Å². The molecule has 1 unspecified atom stereocenters. The minimum atomic E-state index is -0.424. The van der Waals surface area contributed by atoms with Gasteiger partial charge in [0.05, 0.1) is 10.8 Å². The summed E-state index contributed by atoms with van der Waals surface area (Å²) in [5.41, 5.74) is 19.5. The molecule has 1 spiro atoms. The van der Waals surface area contributed by atoms with Crippen LogP contribution in [0.3, 0.4) is 0 Å². The molecule has 7 aromatic rings. The Balaban J connectivity index is 1.40. The van der Waals surface area contributed by atoms with Gasteiger partial charge in [-0.3, -0.25) is 0 Å². The quantitative estimate of drug-likeness (QED) is 0.194. The molecule has 0 nitrogen and oxygen atoms in total. The largest absolute Gasteiger partial charge is 0.0725 e. The van der Waals surface area contributed by atoms with E-state index in [2.05, 4.69) is 171 Å². The Labute approximate surface area is 264 Å². The third kappa shape index (κ3) is 2.89. The zero-order valence-corrected chi connectivity index (χ0v) is 25.1. The van der Waals surface area contributed by atoms with E-state index in [0.717, 1.165) is 0 Å². The van der Waals surface area contributed by atoms with Gasteiger partial charge in [-0.05, 0) is 84.8 Å². The summed E-state index contributed by atoms with van der Waals surface area (Å²) in [6, 6.07) is 61.8. The average molecular weight is 571 g/mol. The minimum absolute atomic E-state index is 0.356. The molecule has 0 saturated heterocycles. The fourth-order valence-electron chi connectivity index (χ4n) is 9.23. The molecule has 45 heavy (non-hydrogen) atoms. The Morgan fingerprint density at radius 3 is 1.20 bits per heavy atom. The van der Waals surface area contributed by atoms with Gasteiger partial charge in [-0.15, -0.1) is 0 Å². The molecule has 3 aliphatic rings. The second-order valence-electron chi connectivity index (χ2n) is 12.8. The normalized spacial score (nSPS) is 17.3. The van der Waals surface area contributed by atoms with Gasteiger partial charge in [-0.25, -0.2) is 0 Å². The summed E-state index contributed by atoms with van der Waals surface area (Å²) < 4.78 is 0. The molecular weight excluding hydrogens is 540 g/mol. The number of aryl methyl sites for hydroxylation is 1. The third-order valence-electron chi connectivity index (χ3n) is 10.9. The minimum Gasteiger partial charge on any atom is -0.0622 e. The van der Waals surface area contributed by atoms with Gasteiger partial charge in [0.2, 0.25) is 0 Å². The van der Waals surface area contributed by atoms with Gasteiger partial charge < -0.3 is 0 Å². The van der Waals surface area contributed by atoms with Crippen molar-refractivity contribution in [2.75, 3.05) is 0 Å². The van der Waals surface area contributed by atoms with Gasteiger partial charge in [0.15, 0.2) is 0 Å². The summed E-state index contributed by atoms with van der Waals surface area (Å²) >= 11 is 0. The van der Waals surface area contributed by atoms with Gasteiger partial charge in [0, 0.05) is 0 Å². The molecule has 0 saturated carbocycles. The smallest absolute Gasteiger partial charge is 0.0622 e. The molecule has 1 atom stereocenters. The zero-order valence-electron chi connectivity index (χ0n) is 25.1. The Morgan fingerprint density at radius 2 is 0.667 bits per heavy atom. The summed E-state index contributed by atoms with van der Waals surface area (Å²) in [4.78, 5) is 0. The Kier molecular flexibility index (Phi) is 4.88. The average Bonchev–Trinajstić information content (AvgIpc) is 3.69. The van der Waals surface area contributed by atoms with Crippen LogP contribution in [-0.2, 0) is 10.8 Å². The Hall–Kier alpha value is -5.46. The van der Waals surface area contributed by atoms with Crippen LogP contribution in [-0.4, -0.2) is 0 Å². The van der Waals surface area contributed by atoms with Crippen LogP contribution in [0.15, 0.2) is 164 Å². The first-order valence-electron chi connectivity index (χ1n) is 16.0. The van der Waals surface area contributed by atoms with E-state index in [0.29, 0.717) is 0 Å². The maximum atomic E-state index is 2.48. The topological polar surface area (TPSA) is 0 Å². The lowest BCUT2D eigenvalue weighted by Crippen LogP contribution is -2.29. The van der Waals surface area contributed by atoms with Gasteiger partial charge in [0.25, 0.3) is 0 Å². The molecule has 0 amide bonds. The molecule has 0 aromatic heterocycles. The molecule has 0 radical (unpaired) electrons. The van der Waals surface area contributed by atoms with Crippen molar-refractivity contribution in [3.05, 3.63) is 214 Å². The molecule has 0 aliphatic heterocycles. The van der Waals surface area contributed by atoms with E-state index in [-0.39, 0.29) is 5.41 Å². The first-order valence-corrected chi connectivity index (χ1v) is 16.0. The summed E-state index contributed by atoms with van der Waals surface area (Å²) in [6.45, 7) is 2.18. The van der Waals surface area contributed by atoms with E-state index in [1.165, 1.54) is 83.5 Å². The van der Waals surface area contributed by atoms with Crippen LogP contribution >= 0.6 is 0 Å². The number of hydrogen-bond acceptors (Lipinski definition) is 0. The van der Waals surface area contributed by atoms with Crippen molar-refractivity contribution in [2.45, 2.75) is 17.8 Å². The van der Waals surface area contributed by atoms with Crippen LogP contribution in [0.4, 0.5) is 0 Å². The van der Waals surface area contributed by atoms with Crippen LogP contribution in [0.1, 0.15) is 50.1 Å². The van der Waals surface area contributed by atoms with Crippen LogP contribution in [0.2, 0.25) is 0 Å². The van der Waals surface area contributed by atoms with Gasteiger partial charge in [-0.1, -0.05) is 169 Å². The van der Waals surface area contributed by atoms with Gasteiger partial charge >= 0.3 is 0 Å². The lowest BCUT2D eigenvalue weighted by atomic mass is 9.66. The van der Waals surface area contributed by atoms with Crippen molar-refractivity contribution in [1.29, 1.82) is 0 Å². The van der Waals surface area contributed by atoms with Crippen molar-refractivity contribution in [3.63, 3.8) is 0 Å². The second-order valence-corrected chi connectivity index (χ2v) is 12.8. The molecule has 0 heteroatoms. The lowest BCUT2D eigenvalue weighted by molar-refractivity contribution is 0.763. The molecule has 0 fully saturated rings. The predicted molar refractivity (Wildman–Crippen MR) is 185 cm³/mol. The van der Waals surface area contributed by atoms with E-state index in [9.17, 15) is 0 Å². The predicted octanol–water partition coefficient (Wildman–Crippen LogP) is 10.7. The van der Waals surface area contributed by atoms with Gasteiger partial charge in [-0.2, -0.15) is 0 Å². The molecule has 7 aromatic carbocycles. The van der Waals surface area contributed by atoms with E-state index < -0.39 is 5.41 Å². The number of benzene rings is 7. The molecule has 3 aliphatic carbocycles. The van der Waals surface area contributed by atoms with Crippen molar-refractivity contribution in [1.82, 2.24) is 0 Å². The van der Waals surface area contributed by atoms with Crippen molar-refractivity contribution in [3.8, 4) is 33.4 Å². The molecule has 10 rings (SSSR count). The van der Waals surface area contributed by atoms with Crippen LogP contribution in [0, 0.1) is 6.92 Å². The van der Waals surface area contributed by atoms with Crippen LogP contribution in [0.5, 0.6) is 0 Å². The summed E-state index contributed by atoms with van der Waals surface area (Å²) in [5, 5.41) is 0. The maximum Gasteiger partial charge on any atom is 0.0725 e. The number of hydrogen-bond donors (Lipinski definition) is 0. The van der Waals surface area contributed by atoms with E-state index in [1.807, 2.05) is 0 Å². The highest BCUT2D eigenvalue weighted by atomic mass is 14.6. The standard InChI is InChI=1S/C45H30/c1-29-23-25-31(26-24-29)44(30-13-3-2-4-14-30)38-21-11-7-17-34(38)42-40(44)27-28-41-43(42)35-18-8-12-22-39(35)45(41)36-19-9-5-15-32(36)33-16-6-10-20-37(33)45/h2-28H,1H3. The third-order valence-corrected chi connectivity index (χ3v) is 10.9. The highest BCUT2D eigenvalue weighted by molar-refractivity contribution is 6.04. The highest BCUT2D eigenvalue weighted by Crippen LogP contribution is 2.67. The zero-order chi connectivity index (χ0) is 29.8. The van der Waals surface area contributed by atoms with E-state index in [1.54, 1.807) is 0 Å². The fourth-order valence-corrected chi connectivity index (χ4v) is 9.23. The summed E-state index contributed by atoms with van der Waals surface area (Å²) in [7, 11) is 0. The lowest BCUT2D eigenvalue weighted by Gasteiger charge is -2.34. The SMILES string of the molecule is Cc1ccc(C2(c3ccccc3)c3ccccc3-c3c2ccc2c3-c3ccccc3C23c2ccccc2-c2ccccc23)cc1. The summed E-state index contributed by atoms with van der Waals surface area (Å²) in [6.07, 6.45) is 0. The van der Waals surface area contributed by atoms with Crippen LogP contribution in [0.25, 0.3) is 33.4 Å². The Morgan fingerprint density at radius 1 is 0.289 bits per heavy atom. The molecule has 0 bridgehead atoms. The molecular formula is C45H30. The molecule has 0 heterocycles. The molecule has 210 valence electrons. The van der Waals surface area contributed by atoms with Crippen molar-refractivity contribution >= 4 is 0 Å². The van der Waals surface area contributed by atoms with Crippen molar-refractivity contribution < 1.29 is 0 Å². The first kappa shape index (κ1) is 24.9. The van der Waals surface area contributed by atoms with Crippen molar-refractivity contribution in [2.24, 2.45) is 0 Å². The number of rotatable bonds is 2.